The van der Waals surface area contributed by atoms with Gasteiger partial charge in [-0.15, -0.1) is 11.3 Å². The summed E-state index contributed by atoms with van der Waals surface area (Å²) < 4.78 is 67.6. The van der Waals surface area contributed by atoms with E-state index in [1.54, 1.807) is 0 Å². The highest BCUT2D eigenvalue weighted by molar-refractivity contribution is 7.25. The van der Waals surface area contributed by atoms with Crippen LogP contribution in [0.15, 0.2) is 164 Å². The smallest absolute Gasteiger partial charge is 0.238 e. The average Bonchev–Trinajstić information content (AvgIpc) is 3.94. The van der Waals surface area contributed by atoms with Crippen molar-refractivity contribution in [3.8, 4) is 34.4 Å². The Morgan fingerprint density at radius 1 is 0.451 bits per heavy atom. The Bertz CT molecular complexity index is 3490. The maximum absolute atomic E-state index is 9.86. The largest absolute Gasteiger partial charge is 0.307 e. The van der Waals surface area contributed by atoms with Gasteiger partial charge in [0.25, 0.3) is 0 Å². The second kappa shape index (κ2) is 10.9. The number of aromatic nitrogens is 5. The normalized spacial score (nSPS) is 13.8. The highest BCUT2D eigenvalue weighted by Gasteiger charge is 2.23. The molecule has 51 heavy (non-hydrogen) atoms. The number of fused-ring (bicyclic) bond motifs is 10. The molecule has 238 valence electrons. The van der Waals surface area contributed by atoms with Gasteiger partial charge in [-0.05, 0) is 36.3 Å². The highest BCUT2D eigenvalue weighted by Crippen LogP contribution is 2.43. The van der Waals surface area contributed by atoms with Crippen LogP contribution in [0.3, 0.4) is 0 Å². The minimum Gasteiger partial charge on any atom is -0.307 e. The van der Waals surface area contributed by atoms with Gasteiger partial charge >= 0.3 is 0 Å². The van der Waals surface area contributed by atoms with E-state index in [0.717, 1.165) is 55.0 Å². The van der Waals surface area contributed by atoms with Crippen molar-refractivity contribution in [3.05, 3.63) is 164 Å². The number of rotatable bonds is 4. The molecule has 0 bridgehead atoms. The van der Waals surface area contributed by atoms with Gasteiger partial charge in [0.15, 0.2) is 11.6 Å². The molecule has 0 aliphatic carbocycles. The Morgan fingerprint density at radius 3 is 1.67 bits per heavy atom. The Kier molecular flexibility index (Phi) is 4.75. The van der Waals surface area contributed by atoms with Gasteiger partial charge in [0, 0.05) is 58.5 Å². The minimum atomic E-state index is -0.412. The molecule has 0 atom stereocenters. The maximum atomic E-state index is 9.86. The third-order valence-electron chi connectivity index (χ3n) is 9.45. The standard InChI is InChI=1S/C45H27N5S/c1-3-13-28(14-4-1)43-46-44(29-15-5-2-6-16-29)48-45(47-43)50-38-21-11-8-18-32(38)35-25-24-34-31-17-7-10-20-37(31)49(41(34)42(35)50)30-23-26-40-36(27-30)33-19-9-12-22-39(33)51-40/h1-27H/i9D,12D,19D,22D,23D,26D,27D. The van der Waals surface area contributed by atoms with Crippen LogP contribution >= 0.6 is 11.3 Å². The second-order valence-electron chi connectivity index (χ2n) is 12.3. The van der Waals surface area contributed by atoms with Crippen molar-refractivity contribution in [2.45, 2.75) is 0 Å². The van der Waals surface area contributed by atoms with Gasteiger partial charge in [-0.3, -0.25) is 4.57 Å². The lowest BCUT2D eigenvalue weighted by atomic mass is 10.1. The van der Waals surface area contributed by atoms with Crippen molar-refractivity contribution in [1.82, 2.24) is 24.1 Å². The molecule has 4 heterocycles. The zero-order chi connectivity index (χ0) is 39.6. The first-order valence-corrected chi connectivity index (χ1v) is 17.3. The molecule has 0 aliphatic heterocycles. The molecule has 6 heteroatoms. The predicted octanol–water partition coefficient (Wildman–Crippen LogP) is 11.8. The van der Waals surface area contributed by atoms with Crippen molar-refractivity contribution in [3.63, 3.8) is 0 Å². The Hall–Kier alpha value is -6.63. The van der Waals surface area contributed by atoms with E-state index in [9.17, 15) is 4.11 Å². The molecule has 0 saturated heterocycles. The molecule has 0 N–H and O–H groups in total. The van der Waals surface area contributed by atoms with E-state index in [1.807, 2.05) is 112 Å². The molecular formula is C45H27N5S. The van der Waals surface area contributed by atoms with E-state index >= 15 is 0 Å². The number of hydrogen-bond donors (Lipinski definition) is 0. The maximum Gasteiger partial charge on any atom is 0.238 e. The van der Waals surface area contributed by atoms with Crippen LogP contribution in [0, 0.1) is 0 Å². The Morgan fingerprint density at radius 2 is 1.00 bits per heavy atom. The second-order valence-corrected chi connectivity index (χ2v) is 13.3. The molecule has 11 rings (SSSR count). The van der Waals surface area contributed by atoms with Crippen LogP contribution in [-0.4, -0.2) is 24.1 Å². The molecule has 0 spiro atoms. The van der Waals surface area contributed by atoms with Crippen molar-refractivity contribution in [1.29, 1.82) is 0 Å². The lowest BCUT2D eigenvalue weighted by Crippen LogP contribution is -2.07. The van der Waals surface area contributed by atoms with E-state index in [0.29, 0.717) is 28.6 Å². The fraction of sp³-hybridized carbons (Fsp3) is 0. The molecule has 0 saturated carbocycles. The van der Waals surface area contributed by atoms with Crippen LogP contribution in [0.5, 0.6) is 0 Å². The number of thiophene rings is 1. The summed E-state index contributed by atoms with van der Waals surface area (Å²) in [6.07, 6.45) is 0. The minimum absolute atomic E-state index is 0.104. The fourth-order valence-corrected chi connectivity index (χ4v) is 8.16. The van der Waals surface area contributed by atoms with E-state index in [4.69, 9.17) is 20.4 Å². The molecule has 7 aromatic carbocycles. The van der Waals surface area contributed by atoms with Crippen LogP contribution < -0.4 is 0 Å². The van der Waals surface area contributed by atoms with Crippen LogP contribution in [0.1, 0.15) is 9.60 Å². The average molecular weight is 677 g/mol. The molecule has 11 aromatic rings. The Labute approximate surface area is 306 Å². The molecule has 5 nitrogen and oxygen atoms in total. The van der Waals surface area contributed by atoms with E-state index in [2.05, 4.69) is 18.2 Å². The van der Waals surface area contributed by atoms with Crippen molar-refractivity contribution in [2.24, 2.45) is 0 Å². The molecule has 0 amide bonds. The van der Waals surface area contributed by atoms with Crippen molar-refractivity contribution >= 4 is 75.1 Å². The zero-order valence-corrected chi connectivity index (χ0v) is 27.5. The summed E-state index contributed by atoms with van der Waals surface area (Å²) in [4.78, 5) is 15.2. The molecule has 4 aromatic heterocycles. The summed E-state index contributed by atoms with van der Waals surface area (Å²) in [5.41, 5.74) is 4.69. The molecule has 0 radical (unpaired) electrons. The summed E-state index contributed by atoms with van der Waals surface area (Å²) in [5.74, 6) is 1.35. The van der Waals surface area contributed by atoms with E-state index < -0.39 is 6.04 Å². The van der Waals surface area contributed by atoms with Gasteiger partial charge in [-0.1, -0.05) is 127 Å². The first kappa shape index (κ1) is 22.2. The quantitative estimate of drug-likeness (QED) is 0.186. The van der Waals surface area contributed by atoms with Gasteiger partial charge in [0.2, 0.25) is 5.95 Å². The third kappa shape index (κ3) is 4.24. The molecule has 0 aliphatic rings. The number of benzene rings is 7. The molecule has 0 unspecified atom stereocenters. The van der Waals surface area contributed by atoms with Gasteiger partial charge in [0.05, 0.1) is 31.7 Å². The van der Waals surface area contributed by atoms with E-state index in [1.165, 1.54) is 0 Å². The van der Waals surface area contributed by atoms with Gasteiger partial charge in [-0.2, -0.15) is 9.97 Å². The first-order chi connectivity index (χ1) is 28.2. The van der Waals surface area contributed by atoms with E-state index in [-0.39, 0.29) is 62.1 Å². The summed E-state index contributed by atoms with van der Waals surface area (Å²) in [7, 11) is 0. The number of para-hydroxylation sites is 2. The molecular weight excluding hydrogens is 643 g/mol. The van der Waals surface area contributed by atoms with Crippen molar-refractivity contribution < 1.29 is 9.60 Å². The lowest BCUT2D eigenvalue weighted by Gasteiger charge is -2.13. The predicted molar refractivity (Wildman–Crippen MR) is 212 cm³/mol. The lowest BCUT2D eigenvalue weighted by molar-refractivity contribution is 0.953. The van der Waals surface area contributed by atoms with Crippen molar-refractivity contribution in [2.75, 3.05) is 0 Å². The van der Waals surface area contributed by atoms with Crippen LogP contribution in [0.2, 0.25) is 0 Å². The molecule has 0 fully saturated rings. The fourth-order valence-electron chi connectivity index (χ4n) is 7.24. The van der Waals surface area contributed by atoms with Gasteiger partial charge in [-0.25, -0.2) is 4.98 Å². The summed E-state index contributed by atoms with van der Waals surface area (Å²) in [6.45, 7) is 0. The van der Waals surface area contributed by atoms with Gasteiger partial charge < -0.3 is 4.57 Å². The zero-order valence-electron chi connectivity index (χ0n) is 33.7. The van der Waals surface area contributed by atoms with Crippen LogP contribution in [0.25, 0.3) is 98.2 Å². The topological polar surface area (TPSA) is 48.5 Å². The van der Waals surface area contributed by atoms with Crippen LogP contribution in [0.4, 0.5) is 0 Å². The Balaban J connectivity index is 1.34. The van der Waals surface area contributed by atoms with Gasteiger partial charge in [0.1, 0.15) is 0 Å². The number of hydrogen-bond acceptors (Lipinski definition) is 4. The number of nitrogens with zero attached hydrogens (tertiary/aromatic N) is 5. The first-order valence-electron chi connectivity index (χ1n) is 20.0. The highest BCUT2D eigenvalue weighted by atomic mass is 32.1. The monoisotopic (exact) mass is 676 g/mol. The summed E-state index contributed by atoms with van der Waals surface area (Å²) in [5, 5.41) is 3.93. The van der Waals surface area contributed by atoms with Crippen LogP contribution in [-0.2, 0) is 0 Å². The summed E-state index contributed by atoms with van der Waals surface area (Å²) >= 11 is 1.02. The summed E-state index contributed by atoms with van der Waals surface area (Å²) in [6, 6.07) is 37.7. The SMILES string of the molecule is [2H]c1c([2H])c([2H])c2c(sc3c([2H])c([2H])c(-n4c5ccccc5c5ccc6c7ccccc7n(-c7nc(-c8ccccc8)nc(-c8ccccc8)n7)c6c54)c([2H])c32)c1[2H]. The third-order valence-corrected chi connectivity index (χ3v) is 10.5.